The highest BCUT2D eigenvalue weighted by Crippen LogP contribution is 2.28. The lowest BCUT2D eigenvalue weighted by molar-refractivity contribution is -0.131. The molecule has 0 N–H and O–H groups in total. The molecule has 0 aliphatic heterocycles. The summed E-state index contributed by atoms with van der Waals surface area (Å²) in [7, 11) is 0. The monoisotopic (exact) mass is 212 g/mol. The molecule has 1 rings (SSSR count). The van der Waals surface area contributed by atoms with Crippen LogP contribution in [-0.2, 0) is 9.67 Å². The average molecular weight is 213 g/mol. The minimum absolute atomic E-state index is 0.317. The second-order valence-corrected chi connectivity index (χ2v) is 4.54. The second-order valence-electron chi connectivity index (χ2n) is 3.59. The molecule has 0 amide bonds. The molecule has 0 saturated carbocycles. The van der Waals surface area contributed by atoms with Crippen molar-refractivity contribution in [2.75, 3.05) is 0 Å². The lowest BCUT2D eigenvalue weighted by atomic mass is 10.0. The average Bonchev–Trinajstić information content (AvgIpc) is 2.02. The Morgan fingerprint density at radius 1 is 1.29 bits per heavy atom. The standard InChI is InChI=1S/C11H13ClO2/c1-8(13)14-10-6-4-9(5-7-10)11(2,3)12/h4-7H,1-3H3. The van der Waals surface area contributed by atoms with E-state index in [1.54, 1.807) is 12.1 Å². The van der Waals surface area contributed by atoms with E-state index in [1.807, 2.05) is 26.0 Å². The molecule has 0 aliphatic rings. The third-order valence-electron chi connectivity index (χ3n) is 1.80. The first-order valence-corrected chi connectivity index (χ1v) is 4.75. The Morgan fingerprint density at radius 2 is 1.79 bits per heavy atom. The molecule has 0 spiro atoms. The molecule has 14 heavy (non-hydrogen) atoms. The zero-order chi connectivity index (χ0) is 10.8. The fraction of sp³-hybridized carbons (Fsp3) is 0.364. The van der Waals surface area contributed by atoms with Crippen molar-refractivity contribution in [1.29, 1.82) is 0 Å². The minimum atomic E-state index is -0.394. The van der Waals surface area contributed by atoms with Gasteiger partial charge in [-0.3, -0.25) is 4.79 Å². The molecule has 1 aromatic rings. The molecule has 0 radical (unpaired) electrons. The van der Waals surface area contributed by atoms with Crippen LogP contribution in [0.5, 0.6) is 5.75 Å². The van der Waals surface area contributed by atoms with Crippen molar-refractivity contribution in [1.82, 2.24) is 0 Å². The third-order valence-corrected chi connectivity index (χ3v) is 2.02. The van der Waals surface area contributed by atoms with Crippen molar-refractivity contribution in [3.63, 3.8) is 0 Å². The van der Waals surface area contributed by atoms with Crippen LogP contribution in [0, 0.1) is 0 Å². The first-order valence-electron chi connectivity index (χ1n) is 4.37. The Bertz CT molecular complexity index is 322. The van der Waals surface area contributed by atoms with Gasteiger partial charge in [0.15, 0.2) is 0 Å². The van der Waals surface area contributed by atoms with Crippen LogP contribution in [0.2, 0.25) is 0 Å². The highest BCUT2D eigenvalue weighted by atomic mass is 35.5. The topological polar surface area (TPSA) is 26.3 Å². The highest BCUT2D eigenvalue weighted by Gasteiger charge is 2.15. The van der Waals surface area contributed by atoms with E-state index < -0.39 is 4.87 Å². The van der Waals surface area contributed by atoms with E-state index in [2.05, 4.69) is 0 Å². The van der Waals surface area contributed by atoms with Gasteiger partial charge in [0.05, 0.1) is 4.87 Å². The van der Waals surface area contributed by atoms with E-state index in [4.69, 9.17) is 16.3 Å². The van der Waals surface area contributed by atoms with Gasteiger partial charge >= 0.3 is 5.97 Å². The zero-order valence-corrected chi connectivity index (χ0v) is 9.26. The summed E-state index contributed by atoms with van der Waals surface area (Å²) in [5.41, 5.74) is 0.995. The quantitative estimate of drug-likeness (QED) is 0.428. The number of alkyl halides is 1. The van der Waals surface area contributed by atoms with Gasteiger partial charge in [-0.05, 0) is 31.5 Å². The number of benzene rings is 1. The van der Waals surface area contributed by atoms with Crippen LogP contribution in [0.3, 0.4) is 0 Å². The van der Waals surface area contributed by atoms with Crippen molar-refractivity contribution in [2.24, 2.45) is 0 Å². The largest absolute Gasteiger partial charge is 0.427 e. The summed E-state index contributed by atoms with van der Waals surface area (Å²) in [6.45, 7) is 5.20. The van der Waals surface area contributed by atoms with Gasteiger partial charge in [0.2, 0.25) is 0 Å². The van der Waals surface area contributed by atoms with E-state index >= 15 is 0 Å². The minimum Gasteiger partial charge on any atom is -0.427 e. The van der Waals surface area contributed by atoms with Crippen molar-refractivity contribution in [3.8, 4) is 5.75 Å². The van der Waals surface area contributed by atoms with Gasteiger partial charge in [-0.2, -0.15) is 0 Å². The predicted molar refractivity (Wildman–Crippen MR) is 56.6 cm³/mol. The molecule has 0 unspecified atom stereocenters. The summed E-state index contributed by atoms with van der Waals surface area (Å²) in [6.07, 6.45) is 0. The van der Waals surface area contributed by atoms with Crippen LogP contribution in [0.4, 0.5) is 0 Å². The normalized spacial score (nSPS) is 11.1. The first-order chi connectivity index (χ1) is 6.39. The van der Waals surface area contributed by atoms with Crippen LogP contribution >= 0.6 is 11.6 Å². The summed E-state index contributed by atoms with van der Waals surface area (Å²) in [5, 5.41) is 0. The van der Waals surface area contributed by atoms with Crippen molar-refractivity contribution >= 4 is 17.6 Å². The van der Waals surface area contributed by atoms with E-state index in [9.17, 15) is 4.79 Å². The van der Waals surface area contributed by atoms with Crippen molar-refractivity contribution in [2.45, 2.75) is 25.6 Å². The number of carbonyl (C=O) groups is 1. The molecule has 0 heterocycles. The molecule has 0 atom stereocenters. The van der Waals surface area contributed by atoms with Crippen molar-refractivity contribution in [3.05, 3.63) is 29.8 Å². The number of hydrogen-bond acceptors (Lipinski definition) is 2. The van der Waals surface area contributed by atoms with Crippen LogP contribution < -0.4 is 4.74 Å². The maximum Gasteiger partial charge on any atom is 0.308 e. The first kappa shape index (κ1) is 11.1. The number of carbonyl (C=O) groups excluding carboxylic acids is 1. The molecule has 3 heteroatoms. The van der Waals surface area contributed by atoms with Crippen LogP contribution in [-0.4, -0.2) is 5.97 Å². The Balaban J connectivity index is 2.84. The maximum absolute atomic E-state index is 10.6. The number of halogens is 1. The van der Waals surface area contributed by atoms with Crippen LogP contribution in [0.15, 0.2) is 24.3 Å². The number of hydrogen-bond donors (Lipinski definition) is 0. The molecule has 0 bridgehead atoms. The molecule has 1 aromatic carbocycles. The fourth-order valence-corrected chi connectivity index (χ4v) is 1.21. The van der Waals surface area contributed by atoms with Gasteiger partial charge in [0.1, 0.15) is 5.75 Å². The van der Waals surface area contributed by atoms with E-state index in [1.165, 1.54) is 6.92 Å². The van der Waals surface area contributed by atoms with Crippen molar-refractivity contribution < 1.29 is 9.53 Å². The molecule has 0 fully saturated rings. The molecule has 76 valence electrons. The summed E-state index contributed by atoms with van der Waals surface area (Å²) >= 11 is 6.11. The van der Waals surface area contributed by atoms with E-state index in [0.29, 0.717) is 5.75 Å². The molecule has 0 aliphatic carbocycles. The Hall–Kier alpha value is -1.02. The SMILES string of the molecule is CC(=O)Oc1ccc(C(C)(C)Cl)cc1. The summed E-state index contributed by atoms with van der Waals surface area (Å²) in [5.74, 6) is 0.227. The molecule has 2 nitrogen and oxygen atoms in total. The van der Waals surface area contributed by atoms with Gasteiger partial charge < -0.3 is 4.74 Å². The Morgan fingerprint density at radius 3 is 2.14 bits per heavy atom. The Labute approximate surface area is 88.8 Å². The number of ether oxygens (including phenoxy) is 1. The third kappa shape index (κ3) is 3.04. The van der Waals surface area contributed by atoms with E-state index in [0.717, 1.165) is 5.56 Å². The lowest BCUT2D eigenvalue weighted by Crippen LogP contribution is -2.07. The van der Waals surface area contributed by atoms with Gasteiger partial charge in [-0.25, -0.2) is 0 Å². The maximum atomic E-state index is 10.6. The van der Waals surface area contributed by atoms with E-state index in [-0.39, 0.29) is 5.97 Å². The van der Waals surface area contributed by atoms with Crippen LogP contribution in [0.25, 0.3) is 0 Å². The number of rotatable bonds is 2. The molecular weight excluding hydrogens is 200 g/mol. The summed E-state index contributed by atoms with van der Waals surface area (Å²) in [6, 6.07) is 7.18. The van der Waals surface area contributed by atoms with Gasteiger partial charge in [0.25, 0.3) is 0 Å². The zero-order valence-electron chi connectivity index (χ0n) is 8.50. The van der Waals surface area contributed by atoms with Gasteiger partial charge in [-0.15, -0.1) is 11.6 Å². The number of esters is 1. The highest BCUT2D eigenvalue weighted by molar-refractivity contribution is 6.23. The fourth-order valence-electron chi connectivity index (χ4n) is 1.09. The van der Waals surface area contributed by atoms with Crippen LogP contribution in [0.1, 0.15) is 26.3 Å². The predicted octanol–water partition coefficient (Wildman–Crippen LogP) is 3.09. The Kier molecular flexibility index (Phi) is 3.17. The van der Waals surface area contributed by atoms with Gasteiger partial charge in [0, 0.05) is 6.92 Å². The smallest absolute Gasteiger partial charge is 0.308 e. The molecule has 0 saturated heterocycles. The molecule has 0 aromatic heterocycles. The summed E-state index contributed by atoms with van der Waals surface area (Å²) < 4.78 is 4.90. The molecular formula is C11H13ClO2. The summed E-state index contributed by atoms with van der Waals surface area (Å²) in [4.78, 5) is 10.3. The second kappa shape index (κ2) is 4.01. The lowest BCUT2D eigenvalue weighted by Gasteiger charge is -2.16. The van der Waals surface area contributed by atoms with Gasteiger partial charge in [-0.1, -0.05) is 12.1 Å².